The highest BCUT2D eigenvalue weighted by atomic mass is 15.0. The Hall–Kier alpha value is -4.11. The van der Waals surface area contributed by atoms with E-state index in [1.165, 1.54) is 11.1 Å². The van der Waals surface area contributed by atoms with Crippen LogP contribution in [0.4, 0.5) is 0 Å². The fourth-order valence-corrected chi connectivity index (χ4v) is 3.60. The summed E-state index contributed by atoms with van der Waals surface area (Å²) in [6.07, 6.45) is 0. The molecule has 0 unspecified atom stereocenters. The molecule has 1 heterocycles. The predicted molar refractivity (Wildman–Crippen MR) is 126 cm³/mol. The molecule has 5 rings (SSSR count). The Labute approximate surface area is 182 Å². The number of benzene rings is 4. The first-order valence-electron chi connectivity index (χ1n) is 10.3. The van der Waals surface area contributed by atoms with Crippen molar-refractivity contribution in [2.75, 3.05) is 0 Å². The molecule has 1 aromatic heterocycles. The van der Waals surface area contributed by atoms with E-state index >= 15 is 0 Å². The van der Waals surface area contributed by atoms with Gasteiger partial charge < -0.3 is 0 Å². The van der Waals surface area contributed by atoms with Crippen molar-refractivity contribution in [2.24, 2.45) is 0 Å². The number of rotatable bonds is 4. The van der Waals surface area contributed by atoms with Gasteiger partial charge in [0.25, 0.3) is 0 Å². The molecule has 31 heavy (non-hydrogen) atoms. The maximum absolute atomic E-state index is 4.85. The van der Waals surface area contributed by atoms with Crippen molar-refractivity contribution in [3.05, 3.63) is 115 Å². The summed E-state index contributed by atoms with van der Waals surface area (Å²) in [6.45, 7) is 2.08. The number of hydrogen-bond acceptors (Lipinski definition) is 3. The average molecular weight is 399 g/mol. The highest BCUT2D eigenvalue weighted by Crippen LogP contribution is 2.28. The third kappa shape index (κ3) is 4.12. The van der Waals surface area contributed by atoms with Gasteiger partial charge in [-0.05, 0) is 30.2 Å². The van der Waals surface area contributed by atoms with Crippen molar-refractivity contribution in [3.8, 4) is 45.3 Å². The van der Waals surface area contributed by atoms with Crippen LogP contribution in [0.2, 0.25) is 0 Å². The highest BCUT2D eigenvalue weighted by Gasteiger charge is 2.12. The molecule has 0 atom stereocenters. The number of aryl methyl sites for hydroxylation is 1. The summed E-state index contributed by atoms with van der Waals surface area (Å²) in [4.78, 5) is 14.5. The molecule has 0 radical (unpaired) electrons. The molecule has 0 fully saturated rings. The van der Waals surface area contributed by atoms with Crippen molar-refractivity contribution in [1.82, 2.24) is 15.0 Å². The van der Waals surface area contributed by atoms with Crippen LogP contribution in [0.15, 0.2) is 109 Å². The third-order valence-electron chi connectivity index (χ3n) is 5.17. The molecule has 0 bridgehead atoms. The lowest BCUT2D eigenvalue weighted by Gasteiger charge is -2.10. The molecular formula is C28H21N3. The standard InChI is InChI=1S/C28H21N3/c1-20-10-8-16-24(18-20)27-29-26(22-13-6-3-7-14-22)30-28(31-27)25-17-9-15-23(19-25)21-11-4-2-5-12-21/h2-19H,1H3. The predicted octanol–water partition coefficient (Wildman–Crippen LogP) is 6.85. The smallest absolute Gasteiger partial charge is 0.164 e. The molecule has 0 spiro atoms. The first-order chi connectivity index (χ1) is 15.3. The van der Waals surface area contributed by atoms with Gasteiger partial charge in [-0.1, -0.05) is 103 Å². The first kappa shape index (κ1) is 18.9. The van der Waals surface area contributed by atoms with Gasteiger partial charge in [0, 0.05) is 16.7 Å². The zero-order valence-electron chi connectivity index (χ0n) is 17.2. The summed E-state index contributed by atoms with van der Waals surface area (Å²) < 4.78 is 0. The summed E-state index contributed by atoms with van der Waals surface area (Å²) >= 11 is 0. The molecule has 0 saturated carbocycles. The fraction of sp³-hybridized carbons (Fsp3) is 0.0357. The van der Waals surface area contributed by atoms with Crippen molar-refractivity contribution in [3.63, 3.8) is 0 Å². The molecule has 0 aliphatic heterocycles. The molecule has 0 aliphatic rings. The Kier molecular flexibility index (Phi) is 5.07. The van der Waals surface area contributed by atoms with Crippen LogP contribution in [0.5, 0.6) is 0 Å². The molecule has 3 nitrogen and oxygen atoms in total. The second-order valence-electron chi connectivity index (χ2n) is 7.49. The highest BCUT2D eigenvalue weighted by molar-refractivity contribution is 5.72. The molecular weight excluding hydrogens is 378 g/mol. The lowest BCUT2D eigenvalue weighted by Crippen LogP contribution is -2.00. The average Bonchev–Trinajstić information content (AvgIpc) is 2.85. The van der Waals surface area contributed by atoms with Crippen molar-refractivity contribution in [1.29, 1.82) is 0 Å². The number of hydrogen-bond donors (Lipinski definition) is 0. The molecule has 4 aromatic carbocycles. The van der Waals surface area contributed by atoms with Gasteiger partial charge in [0.15, 0.2) is 17.5 Å². The summed E-state index contributed by atoms with van der Waals surface area (Å²) in [7, 11) is 0. The van der Waals surface area contributed by atoms with Gasteiger partial charge in [-0.15, -0.1) is 0 Å². The minimum absolute atomic E-state index is 0.670. The van der Waals surface area contributed by atoms with Gasteiger partial charge in [0.2, 0.25) is 0 Å². The van der Waals surface area contributed by atoms with Gasteiger partial charge in [0.05, 0.1) is 0 Å². The Morgan fingerprint density at radius 3 is 1.45 bits per heavy atom. The lowest BCUT2D eigenvalue weighted by atomic mass is 10.0. The van der Waals surface area contributed by atoms with Crippen LogP contribution in [0.1, 0.15) is 5.56 Å². The molecule has 0 amide bonds. The molecule has 148 valence electrons. The van der Waals surface area contributed by atoms with Gasteiger partial charge in [0.1, 0.15) is 0 Å². The van der Waals surface area contributed by atoms with Crippen LogP contribution < -0.4 is 0 Å². The van der Waals surface area contributed by atoms with E-state index in [1.54, 1.807) is 0 Å². The molecule has 5 aromatic rings. The molecule has 0 saturated heterocycles. The van der Waals surface area contributed by atoms with Crippen molar-refractivity contribution >= 4 is 0 Å². The van der Waals surface area contributed by atoms with Crippen molar-refractivity contribution < 1.29 is 0 Å². The zero-order chi connectivity index (χ0) is 21.0. The second-order valence-corrected chi connectivity index (χ2v) is 7.49. The summed E-state index contributed by atoms with van der Waals surface area (Å²) in [6, 6.07) is 37.0. The molecule has 0 aliphatic carbocycles. The Morgan fingerprint density at radius 1 is 0.387 bits per heavy atom. The Morgan fingerprint density at radius 2 is 0.839 bits per heavy atom. The Balaban J connectivity index is 1.67. The van der Waals surface area contributed by atoms with Gasteiger partial charge >= 0.3 is 0 Å². The summed E-state index contributed by atoms with van der Waals surface area (Å²) in [5.74, 6) is 2.02. The molecule has 3 heteroatoms. The minimum atomic E-state index is 0.670. The van der Waals surface area contributed by atoms with E-state index in [-0.39, 0.29) is 0 Å². The topological polar surface area (TPSA) is 38.7 Å². The SMILES string of the molecule is Cc1cccc(-c2nc(-c3ccccc3)nc(-c3cccc(-c4ccccc4)c3)n2)c1. The summed E-state index contributed by atoms with van der Waals surface area (Å²) in [5, 5.41) is 0. The normalized spacial score (nSPS) is 10.7. The van der Waals surface area contributed by atoms with Crippen LogP contribution in [-0.2, 0) is 0 Å². The third-order valence-corrected chi connectivity index (χ3v) is 5.17. The van der Waals surface area contributed by atoms with E-state index in [1.807, 2.05) is 60.7 Å². The van der Waals surface area contributed by atoms with E-state index in [4.69, 9.17) is 15.0 Å². The Bertz CT molecular complexity index is 1330. The van der Waals surface area contributed by atoms with Crippen LogP contribution >= 0.6 is 0 Å². The quantitative estimate of drug-likeness (QED) is 0.332. The zero-order valence-corrected chi connectivity index (χ0v) is 17.2. The maximum Gasteiger partial charge on any atom is 0.164 e. The van der Waals surface area contributed by atoms with E-state index in [0.717, 1.165) is 22.3 Å². The van der Waals surface area contributed by atoms with Crippen molar-refractivity contribution in [2.45, 2.75) is 6.92 Å². The van der Waals surface area contributed by atoms with E-state index < -0.39 is 0 Å². The maximum atomic E-state index is 4.85. The van der Waals surface area contributed by atoms with Gasteiger partial charge in [-0.25, -0.2) is 15.0 Å². The van der Waals surface area contributed by atoms with Gasteiger partial charge in [-0.3, -0.25) is 0 Å². The van der Waals surface area contributed by atoms with Gasteiger partial charge in [-0.2, -0.15) is 0 Å². The largest absolute Gasteiger partial charge is 0.208 e. The summed E-state index contributed by atoms with van der Waals surface area (Å²) in [5.41, 5.74) is 6.40. The first-order valence-corrected chi connectivity index (χ1v) is 10.3. The minimum Gasteiger partial charge on any atom is -0.208 e. The number of aromatic nitrogens is 3. The van der Waals surface area contributed by atoms with Crippen LogP contribution in [-0.4, -0.2) is 15.0 Å². The number of nitrogens with zero attached hydrogens (tertiary/aromatic N) is 3. The van der Waals surface area contributed by atoms with Crippen LogP contribution in [0.25, 0.3) is 45.3 Å². The monoisotopic (exact) mass is 399 g/mol. The van der Waals surface area contributed by atoms with E-state index in [9.17, 15) is 0 Å². The lowest BCUT2D eigenvalue weighted by molar-refractivity contribution is 1.07. The van der Waals surface area contributed by atoms with Crippen LogP contribution in [0.3, 0.4) is 0 Å². The van der Waals surface area contributed by atoms with E-state index in [2.05, 4.69) is 55.5 Å². The van der Waals surface area contributed by atoms with Crippen LogP contribution in [0, 0.1) is 6.92 Å². The van der Waals surface area contributed by atoms with E-state index in [0.29, 0.717) is 17.5 Å². The fourth-order valence-electron chi connectivity index (χ4n) is 3.60. The molecule has 0 N–H and O–H groups in total. The second kappa shape index (κ2) is 8.33.